The summed E-state index contributed by atoms with van der Waals surface area (Å²) in [7, 11) is -4.01. The van der Waals surface area contributed by atoms with E-state index in [1.165, 1.54) is 41.7 Å². The Morgan fingerprint density at radius 3 is 2.48 bits per heavy atom. The van der Waals surface area contributed by atoms with Crippen molar-refractivity contribution in [2.24, 2.45) is 0 Å². The summed E-state index contributed by atoms with van der Waals surface area (Å²) >= 11 is 13.2. The second-order valence-electron chi connectivity index (χ2n) is 6.43. The molecule has 1 aliphatic rings. The van der Waals surface area contributed by atoms with Crippen LogP contribution in [-0.4, -0.2) is 24.5 Å². The van der Waals surface area contributed by atoms with Crippen LogP contribution in [0.2, 0.25) is 10.0 Å². The molecule has 150 valence electrons. The van der Waals surface area contributed by atoms with Crippen LogP contribution in [0.15, 0.2) is 47.4 Å². The number of nitrogens with zero attached hydrogens (tertiary/aromatic N) is 2. The van der Waals surface area contributed by atoms with Gasteiger partial charge in [0.15, 0.2) is 0 Å². The highest BCUT2D eigenvalue weighted by atomic mass is 35.5. The van der Waals surface area contributed by atoms with E-state index < -0.39 is 15.9 Å². The van der Waals surface area contributed by atoms with Gasteiger partial charge in [-0.15, -0.1) is 10.2 Å². The Bertz CT molecular complexity index is 1180. The van der Waals surface area contributed by atoms with E-state index in [0.29, 0.717) is 21.8 Å². The summed E-state index contributed by atoms with van der Waals surface area (Å²) in [5.41, 5.74) is 0.454. The van der Waals surface area contributed by atoms with Crippen LogP contribution in [0.3, 0.4) is 0 Å². The Hall–Kier alpha value is -2.20. The summed E-state index contributed by atoms with van der Waals surface area (Å²) in [5, 5.41) is 12.4. The van der Waals surface area contributed by atoms with E-state index >= 15 is 0 Å². The van der Waals surface area contributed by atoms with Crippen molar-refractivity contribution in [1.29, 1.82) is 0 Å². The third-order valence-electron chi connectivity index (χ3n) is 4.17. The van der Waals surface area contributed by atoms with Crippen LogP contribution in [0.4, 0.5) is 10.8 Å². The Kier molecular flexibility index (Phi) is 5.48. The minimum Gasteiger partial charge on any atom is -0.296 e. The van der Waals surface area contributed by atoms with Crippen molar-refractivity contribution < 1.29 is 13.2 Å². The summed E-state index contributed by atoms with van der Waals surface area (Å²) in [5.74, 6) is -0.0625. The minimum atomic E-state index is -4.01. The van der Waals surface area contributed by atoms with Crippen LogP contribution in [0.25, 0.3) is 0 Å². The molecule has 4 rings (SSSR count). The molecule has 2 aromatic carbocycles. The van der Waals surface area contributed by atoms with Gasteiger partial charge in [0, 0.05) is 22.2 Å². The van der Waals surface area contributed by atoms with Crippen molar-refractivity contribution >= 4 is 61.3 Å². The fraction of sp³-hybridized carbons (Fsp3) is 0.167. The lowest BCUT2D eigenvalue weighted by Gasteiger charge is -2.11. The minimum absolute atomic E-state index is 0.00468. The zero-order valence-corrected chi connectivity index (χ0v) is 17.9. The third kappa shape index (κ3) is 4.69. The van der Waals surface area contributed by atoms with Crippen molar-refractivity contribution in [3.63, 3.8) is 0 Å². The molecule has 0 spiro atoms. The molecular weight excluding hydrogens is 455 g/mol. The normalized spacial score (nSPS) is 13.9. The number of hydrogen-bond acceptors (Lipinski definition) is 6. The molecule has 0 unspecified atom stereocenters. The van der Waals surface area contributed by atoms with Gasteiger partial charge < -0.3 is 0 Å². The monoisotopic (exact) mass is 468 g/mol. The first-order valence-corrected chi connectivity index (χ1v) is 11.6. The fourth-order valence-electron chi connectivity index (χ4n) is 2.53. The molecule has 1 heterocycles. The van der Waals surface area contributed by atoms with E-state index in [0.717, 1.165) is 17.8 Å². The summed E-state index contributed by atoms with van der Waals surface area (Å²) < 4.78 is 27.9. The first-order chi connectivity index (χ1) is 13.8. The number of sulfonamides is 1. The second-order valence-corrected chi connectivity index (χ2v) is 9.94. The predicted molar refractivity (Wildman–Crippen MR) is 114 cm³/mol. The van der Waals surface area contributed by atoms with E-state index in [2.05, 4.69) is 20.2 Å². The summed E-state index contributed by atoms with van der Waals surface area (Å²) in [4.78, 5) is 12.3. The van der Waals surface area contributed by atoms with Crippen LogP contribution in [0, 0.1) is 0 Å². The van der Waals surface area contributed by atoms with Crippen LogP contribution in [0.1, 0.15) is 34.1 Å². The topological polar surface area (TPSA) is 101 Å². The van der Waals surface area contributed by atoms with Gasteiger partial charge in [-0.1, -0.05) is 34.5 Å². The largest absolute Gasteiger partial charge is 0.296 e. The molecule has 0 bridgehead atoms. The number of nitrogens with one attached hydrogen (secondary N) is 2. The maximum atomic E-state index is 12.7. The number of carbonyl (C=O) groups is 1. The lowest BCUT2D eigenvalue weighted by molar-refractivity contribution is 0.102. The summed E-state index contributed by atoms with van der Waals surface area (Å²) in [6, 6.07) is 10.2. The standard InChI is InChI=1S/C18H14Cl2N4O3S2/c19-12-4-6-13(7-5-12)24-29(26,27)15-9-11(3-8-14(15)20)16(25)21-18-23-22-17(28-18)10-1-2-10/h3-10,24H,1-2H2,(H,21,23,25). The van der Waals surface area contributed by atoms with Gasteiger partial charge in [0.1, 0.15) is 9.90 Å². The van der Waals surface area contributed by atoms with Crippen molar-refractivity contribution in [3.05, 3.63) is 63.1 Å². The lowest BCUT2D eigenvalue weighted by Crippen LogP contribution is -2.16. The number of amides is 1. The molecule has 11 heteroatoms. The van der Waals surface area contributed by atoms with E-state index in [9.17, 15) is 13.2 Å². The van der Waals surface area contributed by atoms with Crippen molar-refractivity contribution in [2.75, 3.05) is 10.0 Å². The van der Waals surface area contributed by atoms with E-state index in [1.54, 1.807) is 12.1 Å². The SMILES string of the molecule is O=C(Nc1nnc(C2CC2)s1)c1ccc(Cl)c(S(=O)(=O)Nc2ccc(Cl)cc2)c1. The predicted octanol–water partition coefficient (Wildman–Crippen LogP) is 4.78. The smallest absolute Gasteiger partial charge is 0.263 e. The first-order valence-electron chi connectivity index (χ1n) is 8.54. The second kappa shape index (κ2) is 7.91. The number of rotatable bonds is 6. The van der Waals surface area contributed by atoms with Gasteiger partial charge >= 0.3 is 0 Å². The van der Waals surface area contributed by atoms with Crippen LogP contribution < -0.4 is 10.0 Å². The molecule has 1 amide bonds. The molecule has 2 N–H and O–H groups in total. The fourth-order valence-corrected chi connectivity index (χ4v) is 5.15. The molecule has 1 aliphatic carbocycles. The van der Waals surface area contributed by atoms with Gasteiger partial charge in [0.05, 0.1) is 5.02 Å². The quantitative estimate of drug-likeness (QED) is 0.542. The van der Waals surface area contributed by atoms with Gasteiger partial charge in [-0.3, -0.25) is 14.8 Å². The maximum absolute atomic E-state index is 12.7. The zero-order valence-electron chi connectivity index (χ0n) is 14.7. The maximum Gasteiger partial charge on any atom is 0.263 e. The number of carbonyl (C=O) groups excluding carboxylic acids is 1. The molecule has 1 fully saturated rings. The van der Waals surface area contributed by atoms with Gasteiger partial charge in [0.2, 0.25) is 5.13 Å². The van der Waals surface area contributed by atoms with Crippen molar-refractivity contribution in [2.45, 2.75) is 23.7 Å². The Balaban J connectivity index is 1.55. The zero-order chi connectivity index (χ0) is 20.6. The van der Waals surface area contributed by atoms with Gasteiger partial charge in [-0.25, -0.2) is 8.42 Å². The number of anilines is 2. The van der Waals surface area contributed by atoms with Gasteiger partial charge in [-0.05, 0) is 55.3 Å². The molecule has 0 aliphatic heterocycles. The van der Waals surface area contributed by atoms with Gasteiger partial charge in [-0.2, -0.15) is 0 Å². The Morgan fingerprint density at radius 1 is 1.07 bits per heavy atom. The number of halogens is 2. The number of hydrogen-bond donors (Lipinski definition) is 2. The molecule has 1 saturated carbocycles. The molecular formula is C18H14Cl2N4O3S2. The van der Waals surface area contributed by atoms with Crippen LogP contribution in [-0.2, 0) is 10.0 Å². The highest BCUT2D eigenvalue weighted by Gasteiger charge is 2.28. The molecule has 3 aromatic rings. The summed E-state index contributed by atoms with van der Waals surface area (Å²) in [6.07, 6.45) is 2.17. The number of aromatic nitrogens is 2. The van der Waals surface area contributed by atoms with E-state index in [-0.39, 0.29) is 15.5 Å². The van der Waals surface area contributed by atoms with E-state index in [4.69, 9.17) is 23.2 Å². The molecule has 0 radical (unpaired) electrons. The highest BCUT2D eigenvalue weighted by molar-refractivity contribution is 7.92. The lowest BCUT2D eigenvalue weighted by atomic mass is 10.2. The molecule has 29 heavy (non-hydrogen) atoms. The molecule has 0 saturated heterocycles. The Morgan fingerprint density at radius 2 is 1.79 bits per heavy atom. The van der Waals surface area contributed by atoms with Crippen molar-refractivity contribution in [3.8, 4) is 0 Å². The number of benzene rings is 2. The average molecular weight is 469 g/mol. The van der Waals surface area contributed by atoms with Crippen LogP contribution >= 0.6 is 34.5 Å². The molecule has 0 atom stereocenters. The van der Waals surface area contributed by atoms with Crippen molar-refractivity contribution in [1.82, 2.24) is 10.2 Å². The first kappa shape index (κ1) is 20.1. The highest BCUT2D eigenvalue weighted by Crippen LogP contribution is 2.42. The Labute approximate surface area is 181 Å². The molecule has 1 aromatic heterocycles. The molecule has 7 nitrogen and oxygen atoms in total. The summed E-state index contributed by atoms with van der Waals surface area (Å²) in [6.45, 7) is 0. The van der Waals surface area contributed by atoms with E-state index in [1.807, 2.05) is 0 Å². The van der Waals surface area contributed by atoms with Crippen LogP contribution in [0.5, 0.6) is 0 Å². The van der Waals surface area contributed by atoms with Gasteiger partial charge in [0.25, 0.3) is 15.9 Å². The third-order valence-corrected chi connectivity index (χ3v) is 7.28. The average Bonchev–Trinajstić information content (AvgIpc) is 3.43.